The number of ketones is 1. The molecule has 0 fully saturated rings. The van der Waals surface area contributed by atoms with Gasteiger partial charge in [0.15, 0.2) is 18.2 Å². The molecule has 5 nitrogen and oxygen atoms in total. The third kappa shape index (κ3) is 4.87. The Labute approximate surface area is 112 Å². The summed E-state index contributed by atoms with van der Waals surface area (Å²) < 4.78 is 16.0. The van der Waals surface area contributed by atoms with Crippen molar-refractivity contribution in [3.8, 4) is 5.95 Å². The van der Waals surface area contributed by atoms with E-state index in [1.165, 1.54) is 12.1 Å². The molecular formula is C14H20O5. The lowest BCUT2D eigenvalue weighted by Crippen LogP contribution is -2.38. The van der Waals surface area contributed by atoms with Gasteiger partial charge in [0, 0.05) is 6.07 Å². The number of ether oxygens (including phenoxy) is 2. The Hall–Kier alpha value is -1.62. The van der Waals surface area contributed by atoms with E-state index in [-0.39, 0.29) is 17.5 Å². The first-order chi connectivity index (χ1) is 8.73. The molecule has 1 rings (SSSR count). The standard InChI is InChI=1S/C14H20O5/c1-9(13(16)10(2)19-14(3,4)5)17-12-7-6-11(8-15)18-12/h6-10H,1-5H3/t9-,10-/m0/s1. The maximum absolute atomic E-state index is 12.0. The SMILES string of the molecule is C[C@H](Oc1ccc(C=O)o1)C(=O)[C@H](C)OC(C)(C)C. The van der Waals surface area contributed by atoms with Crippen LogP contribution in [-0.2, 0) is 9.53 Å². The second-order valence-corrected chi connectivity index (χ2v) is 5.31. The van der Waals surface area contributed by atoms with Gasteiger partial charge >= 0.3 is 0 Å². The highest BCUT2D eigenvalue weighted by atomic mass is 16.6. The van der Waals surface area contributed by atoms with Gasteiger partial charge in [0.25, 0.3) is 5.95 Å². The lowest BCUT2D eigenvalue weighted by atomic mass is 10.1. The largest absolute Gasteiger partial charge is 0.454 e. The van der Waals surface area contributed by atoms with Gasteiger partial charge in [0.2, 0.25) is 5.78 Å². The van der Waals surface area contributed by atoms with E-state index in [1.807, 2.05) is 20.8 Å². The smallest absolute Gasteiger partial charge is 0.285 e. The Morgan fingerprint density at radius 1 is 1.26 bits per heavy atom. The Kier molecular flexibility index (Phi) is 4.89. The minimum atomic E-state index is -0.706. The van der Waals surface area contributed by atoms with Crippen molar-refractivity contribution in [2.24, 2.45) is 0 Å². The number of carbonyl (C=O) groups is 2. The average Bonchev–Trinajstić information content (AvgIpc) is 2.73. The van der Waals surface area contributed by atoms with Gasteiger partial charge in [-0.2, -0.15) is 0 Å². The second-order valence-electron chi connectivity index (χ2n) is 5.31. The fourth-order valence-electron chi connectivity index (χ4n) is 1.61. The zero-order chi connectivity index (χ0) is 14.6. The molecule has 0 radical (unpaired) electrons. The Balaban J connectivity index is 2.59. The fraction of sp³-hybridized carbons (Fsp3) is 0.571. The minimum Gasteiger partial charge on any atom is -0.454 e. The van der Waals surface area contributed by atoms with Crippen molar-refractivity contribution in [2.75, 3.05) is 0 Å². The van der Waals surface area contributed by atoms with Crippen molar-refractivity contribution in [1.82, 2.24) is 0 Å². The Bertz CT molecular complexity index is 441. The van der Waals surface area contributed by atoms with Crippen molar-refractivity contribution in [3.05, 3.63) is 17.9 Å². The predicted molar refractivity (Wildman–Crippen MR) is 69.5 cm³/mol. The molecule has 0 saturated heterocycles. The number of Topliss-reactive ketones (excluding diaryl/α,β-unsaturated/α-hetero) is 1. The molecule has 0 aliphatic heterocycles. The summed E-state index contributed by atoms with van der Waals surface area (Å²) in [6.45, 7) is 8.95. The Morgan fingerprint density at radius 3 is 2.37 bits per heavy atom. The van der Waals surface area contributed by atoms with E-state index in [0.717, 1.165) is 0 Å². The van der Waals surface area contributed by atoms with Crippen LogP contribution in [0.1, 0.15) is 45.2 Å². The molecule has 1 aromatic rings. The van der Waals surface area contributed by atoms with Crippen LogP contribution < -0.4 is 4.74 Å². The number of furan rings is 1. The lowest BCUT2D eigenvalue weighted by molar-refractivity contribution is -0.145. The number of hydrogen-bond donors (Lipinski definition) is 0. The van der Waals surface area contributed by atoms with E-state index in [2.05, 4.69) is 0 Å². The zero-order valence-corrected chi connectivity index (χ0v) is 11.9. The lowest BCUT2D eigenvalue weighted by Gasteiger charge is -2.25. The highest BCUT2D eigenvalue weighted by molar-refractivity contribution is 5.87. The van der Waals surface area contributed by atoms with Crippen LogP contribution >= 0.6 is 0 Å². The van der Waals surface area contributed by atoms with E-state index < -0.39 is 17.8 Å². The number of carbonyl (C=O) groups excluding carboxylic acids is 2. The van der Waals surface area contributed by atoms with Gasteiger partial charge in [0.1, 0.15) is 6.10 Å². The summed E-state index contributed by atoms with van der Waals surface area (Å²) in [5, 5.41) is 0. The molecule has 0 spiro atoms. The predicted octanol–water partition coefficient (Wildman–Crippen LogP) is 2.63. The van der Waals surface area contributed by atoms with Crippen LogP contribution in [-0.4, -0.2) is 29.9 Å². The van der Waals surface area contributed by atoms with Gasteiger partial charge < -0.3 is 13.9 Å². The van der Waals surface area contributed by atoms with Crippen molar-refractivity contribution in [2.45, 2.75) is 52.4 Å². The van der Waals surface area contributed by atoms with Crippen molar-refractivity contribution < 1.29 is 23.5 Å². The third-order valence-electron chi connectivity index (χ3n) is 2.34. The molecule has 0 aliphatic carbocycles. The van der Waals surface area contributed by atoms with Gasteiger partial charge in [-0.3, -0.25) is 9.59 Å². The normalized spacial score (nSPS) is 14.8. The molecule has 0 amide bonds. The summed E-state index contributed by atoms with van der Waals surface area (Å²) in [5.41, 5.74) is -0.399. The summed E-state index contributed by atoms with van der Waals surface area (Å²) in [5.74, 6) is 0.124. The first-order valence-corrected chi connectivity index (χ1v) is 6.16. The van der Waals surface area contributed by atoms with Crippen molar-refractivity contribution in [1.29, 1.82) is 0 Å². The molecule has 0 saturated carbocycles. The molecule has 0 aliphatic rings. The maximum atomic E-state index is 12.0. The molecule has 1 aromatic heterocycles. The van der Waals surface area contributed by atoms with Gasteiger partial charge in [-0.25, -0.2) is 0 Å². The number of hydrogen-bond acceptors (Lipinski definition) is 5. The van der Waals surface area contributed by atoms with Gasteiger partial charge in [0.05, 0.1) is 5.60 Å². The first kappa shape index (κ1) is 15.4. The molecule has 0 bridgehead atoms. The molecule has 2 atom stereocenters. The van der Waals surface area contributed by atoms with Gasteiger partial charge in [-0.15, -0.1) is 0 Å². The fourth-order valence-corrected chi connectivity index (χ4v) is 1.61. The van der Waals surface area contributed by atoms with Crippen LogP contribution in [0.15, 0.2) is 16.5 Å². The third-order valence-corrected chi connectivity index (χ3v) is 2.34. The highest BCUT2D eigenvalue weighted by Crippen LogP contribution is 2.18. The number of rotatable bonds is 6. The molecule has 0 N–H and O–H groups in total. The van der Waals surface area contributed by atoms with E-state index in [0.29, 0.717) is 6.29 Å². The molecule has 5 heteroatoms. The average molecular weight is 268 g/mol. The van der Waals surface area contributed by atoms with Crippen LogP contribution in [0.25, 0.3) is 0 Å². The van der Waals surface area contributed by atoms with E-state index in [4.69, 9.17) is 13.9 Å². The summed E-state index contributed by atoms with van der Waals surface area (Å²) >= 11 is 0. The van der Waals surface area contributed by atoms with Gasteiger partial charge in [-0.1, -0.05) is 0 Å². The van der Waals surface area contributed by atoms with Crippen LogP contribution in [0.3, 0.4) is 0 Å². The quantitative estimate of drug-likeness (QED) is 0.742. The van der Waals surface area contributed by atoms with Gasteiger partial charge in [-0.05, 0) is 40.7 Å². The summed E-state index contributed by atoms with van der Waals surface area (Å²) in [6.07, 6.45) is -0.705. The molecule has 0 aromatic carbocycles. The van der Waals surface area contributed by atoms with Crippen molar-refractivity contribution >= 4 is 12.1 Å². The molecular weight excluding hydrogens is 248 g/mol. The minimum absolute atomic E-state index is 0.144. The van der Waals surface area contributed by atoms with E-state index in [1.54, 1.807) is 13.8 Å². The summed E-state index contributed by atoms with van der Waals surface area (Å²) in [4.78, 5) is 22.5. The second kappa shape index (κ2) is 6.02. The van der Waals surface area contributed by atoms with E-state index >= 15 is 0 Å². The van der Waals surface area contributed by atoms with E-state index in [9.17, 15) is 9.59 Å². The number of aldehydes is 1. The molecule has 106 valence electrons. The van der Waals surface area contributed by atoms with Crippen molar-refractivity contribution in [3.63, 3.8) is 0 Å². The summed E-state index contributed by atoms with van der Waals surface area (Å²) in [7, 11) is 0. The molecule has 19 heavy (non-hydrogen) atoms. The Morgan fingerprint density at radius 2 is 1.89 bits per heavy atom. The highest BCUT2D eigenvalue weighted by Gasteiger charge is 2.26. The van der Waals surface area contributed by atoms with Crippen LogP contribution in [0.4, 0.5) is 0 Å². The topological polar surface area (TPSA) is 65.7 Å². The molecule has 1 heterocycles. The monoisotopic (exact) mass is 268 g/mol. The van der Waals surface area contributed by atoms with Crippen LogP contribution in [0.5, 0.6) is 5.95 Å². The summed E-state index contributed by atoms with van der Waals surface area (Å²) in [6, 6.07) is 2.98. The first-order valence-electron chi connectivity index (χ1n) is 6.16. The zero-order valence-electron chi connectivity index (χ0n) is 11.9. The van der Waals surface area contributed by atoms with Crippen LogP contribution in [0, 0.1) is 0 Å². The van der Waals surface area contributed by atoms with Crippen LogP contribution in [0.2, 0.25) is 0 Å². The maximum Gasteiger partial charge on any atom is 0.285 e. The molecule has 0 unspecified atom stereocenters.